The lowest BCUT2D eigenvalue weighted by Crippen LogP contribution is -2.63. The van der Waals surface area contributed by atoms with Gasteiger partial charge in [-0.3, -0.25) is 9.69 Å². The Morgan fingerprint density at radius 1 is 1.28 bits per heavy atom. The first-order valence-corrected chi connectivity index (χ1v) is 10.8. The summed E-state index contributed by atoms with van der Waals surface area (Å²) in [6, 6.07) is -1.14. The molecule has 0 unspecified atom stereocenters. The maximum Gasteiger partial charge on any atom is 0.262 e. The normalized spacial score (nSPS) is 28.1. The van der Waals surface area contributed by atoms with Crippen molar-refractivity contribution in [3.8, 4) is 0 Å². The third kappa shape index (κ3) is 4.31. The molecule has 144 valence electrons. The van der Waals surface area contributed by atoms with Crippen molar-refractivity contribution in [2.75, 3.05) is 39.0 Å². The van der Waals surface area contributed by atoms with Gasteiger partial charge >= 0.3 is 0 Å². The molecule has 1 amide bonds. The van der Waals surface area contributed by atoms with Gasteiger partial charge in [-0.1, -0.05) is 6.92 Å². The smallest absolute Gasteiger partial charge is 0.262 e. The Balaban J connectivity index is 1.69. The van der Waals surface area contributed by atoms with Crippen LogP contribution in [0.5, 0.6) is 0 Å². The second-order valence-corrected chi connectivity index (χ2v) is 9.69. The number of nitrogens with zero attached hydrogens (tertiary/aromatic N) is 3. The van der Waals surface area contributed by atoms with Crippen molar-refractivity contribution in [1.29, 1.82) is 0 Å². The number of rotatable bonds is 7. The fourth-order valence-electron chi connectivity index (χ4n) is 3.74. The van der Waals surface area contributed by atoms with E-state index in [0.717, 1.165) is 25.5 Å². The predicted molar refractivity (Wildman–Crippen MR) is 89.9 cm³/mol. The predicted octanol–water partition coefficient (Wildman–Crippen LogP) is 0.988. The van der Waals surface area contributed by atoms with Gasteiger partial charge in [0.25, 0.3) is 5.92 Å². The Morgan fingerprint density at radius 2 is 1.92 bits per heavy atom. The van der Waals surface area contributed by atoms with Gasteiger partial charge in [-0.05, 0) is 25.2 Å². The third-order valence-corrected chi connectivity index (χ3v) is 6.57. The SMILES string of the molecule is CCCN(CC1CC1)C(=O)[C@@H]1CC(F)(F)CN1C1CN(S(C)(=O)=O)C1. The topological polar surface area (TPSA) is 60.9 Å². The number of halogens is 2. The molecule has 2 saturated heterocycles. The molecule has 25 heavy (non-hydrogen) atoms. The van der Waals surface area contributed by atoms with E-state index < -0.39 is 35.0 Å². The van der Waals surface area contributed by atoms with Crippen LogP contribution in [0.4, 0.5) is 8.78 Å². The van der Waals surface area contributed by atoms with Gasteiger partial charge < -0.3 is 4.90 Å². The highest BCUT2D eigenvalue weighted by atomic mass is 32.2. The summed E-state index contributed by atoms with van der Waals surface area (Å²) in [5.74, 6) is -2.61. The maximum absolute atomic E-state index is 14.0. The minimum atomic E-state index is -3.30. The first-order chi connectivity index (χ1) is 11.6. The summed E-state index contributed by atoms with van der Waals surface area (Å²) in [7, 11) is -3.30. The van der Waals surface area contributed by atoms with E-state index in [-0.39, 0.29) is 25.0 Å². The molecule has 2 aliphatic heterocycles. The van der Waals surface area contributed by atoms with Gasteiger partial charge in [-0.15, -0.1) is 0 Å². The average molecular weight is 379 g/mol. The minimum Gasteiger partial charge on any atom is -0.341 e. The van der Waals surface area contributed by atoms with Crippen molar-refractivity contribution in [2.45, 2.75) is 50.6 Å². The molecule has 1 aliphatic carbocycles. The van der Waals surface area contributed by atoms with Crippen LogP contribution < -0.4 is 0 Å². The molecule has 0 radical (unpaired) electrons. The van der Waals surface area contributed by atoms with Crippen molar-refractivity contribution in [3.63, 3.8) is 0 Å². The lowest BCUT2D eigenvalue weighted by atomic mass is 10.1. The van der Waals surface area contributed by atoms with Crippen molar-refractivity contribution >= 4 is 15.9 Å². The van der Waals surface area contributed by atoms with E-state index in [1.165, 1.54) is 4.31 Å². The van der Waals surface area contributed by atoms with Crippen LogP contribution in [0.25, 0.3) is 0 Å². The zero-order valence-corrected chi connectivity index (χ0v) is 15.6. The van der Waals surface area contributed by atoms with Gasteiger partial charge in [-0.2, -0.15) is 4.31 Å². The fraction of sp³-hybridized carbons (Fsp3) is 0.938. The summed E-state index contributed by atoms with van der Waals surface area (Å²) in [6.45, 7) is 3.14. The summed E-state index contributed by atoms with van der Waals surface area (Å²) in [4.78, 5) is 16.2. The lowest BCUT2D eigenvalue weighted by Gasteiger charge is -2.44. The number of amides is 1. The minimum absolute atomic E-state index is 0.190. The summed E-state index contributed by atoms with van der Waals surface area (Å²) >= 11 is 0. The van der Waals surface area contributed by atoms with Crippen LogP contribution in [-0.4, -0.2) is 85.4 Å². The van der Waals surface area contributed by atoms with Gasteiger partial charge in [0.05, 0.1) is 18.8 Å². The first kappa shape index (κ1) is 19.0. The number of hydrogen-bond acceptors (Lipinski definition) is 4. The molecule has 0 spiro atoms. The molecule has 1 saturated carbocycles. The Hall–Kier alpha value is -0.800. The van der Waals surface area contributed by atoms with E-state index in [4.69, 9.17) is 0 Å². The van der Waals surface area contributed by atoms with Gasteiger partial charge in [0.2, 0.25) is 15.9 Å². The molecule has 0 N–H and O–H groups in total. The molecule has 0 aromatic carbocycles. The third-order valence-electron chi connectivity index (χ3n) is 5.34. The summed E-state index contributed by atoms with van der Waals surface area (Å²) in [6.07, 6.45) is 3.65. The summed E-state index contributed by atoms with van der Waals surface area (Å²) < 4.78 is 52.4. The Bertz CT molecular complexity index is 618. The van der Waals surface area contributed by atoms with Crippen LogP contribution in [0.1, 0.15) is 32.6 Å². The van der Waals surface area contributed by atoms with Crippen LogP contribution in [0.15, 0.2) is 0 Å². The summed E-state index contributed by atoms with van der Waals surface area (Å²) in [5.41, 5.74) is 0. The molecule has 0 aromatic heterocycles. The van der Waals surface area contributed by atoms with Gasteiger partial charge in [-0.25, -0.2) is 17.2 Å². The van der Waals surface area contributed by atoms with E-state index in [2.05, 4.69) is 0 Å². The lowest BCUT2D eigenvalue weighted by molar-refractivity contribution is -0.138. The maximum atomic E-state index is 14.0. The average Bonchev–Trinajstić information content (AvgIpc) is 3.18. The van der Waals surface area contributed by atoms with Crippen LogP contribution >= 0.6 is 0 Å². The molecule has 1 atom stereocenters. The molecule has 0 aromatic rings. The molecular formula is C16H27F2N3O3S. The van der Waals surface area contributed by atoms with Crippen molar-refractivity contribution < 1.29 is 22.0 Å². The van der Waals surface area contributed by atoms with Crippen molar-refractivity contribution in [2.24, 2.45) is 5.92 Å². The molecule has 3 fully saturated rings. The van der Waals surface area contributed by atoms with E-state index in [1.807, 2.05) is 6.92 Å². The molecule has 3 aliphatic rings. The Labute approximate surface area is 148 Å². The zero-order valence-electron chi connectivity index (χ0n) is 14.8. The highest BCUT2D eigenvalue weighted by molar-refractivity contribution is 7.88. The van der Waals surface area contributed by atoms with Gasteiger partial charge in [0.15, 0.2) is 0 Å². The molecule has 0 bridgehead atoms. The molecule has 2 heterocycles. The second-order valence-electron chi connectivity index (χ2n) is 7.71. The molecule has 3 rings (SSSR count). The molecule has 9 heteroatoms. The standard InChI is InChI=1S/C16H27F2N3O3S/c1-3-6-19(8-12-4-5-12)15(22)14-7-16(17,18)11-21(14)13-9-20(10-13)25(2,23)24/h12-14H,3-11H2,1-2H3/t14-/m0/s1. The van der Waals surface area contributed by atoms with E-state index in [9.17, 15) is 22.0 Å². The van der Waals surface area contributed by atoms with Gasteiger partial charge in [0, 0.05) is 38.6 Å². The van der Waals surface area contributed by atoms with Gasteiger partial charge in [0.1, 0.15) is 0 Å². The monoisotopic (exact) mass is 379 g/mol. The van der Waals surface area contributed by atoms with Crippen molar-refractivity contribution in [3.05, 3.63) is 0 Å². The largest absolute Gasteiger partial charge is 0.341 e. The van der Waals surface area contributed by atoms with Crippen molar-refractivity contribution in [1.82, 2.24) is 14.1 Å². The zero-order chi connectivity index (χ0) is 18.4. The highest BCUT2D eigenvalue weighted by Crippen LogP contribution is 2.37. The van der Waals surface area contributed by atoms with Crippen LogP contribution in [-0.2, 0) is 14.8 Å². The summed E-state index contributed by atoms with van der Waals surface area (Å²) in [5, 5.41) is 0. The molecular weight excluding hydrogens is 352 g/mol. The van der Waals surface area contributed by atoms with E-state index >= 15 is 0 Å². The van der Waals surface area contributed by atoms with Crippen LogP contribution in [0, 0.1) is 5.92 Å². The Morgan fingerprint density at radius 3 is 2.44 bits per heavy atom. The van der Waals surface area contributed by atoms with E-state index in [0.29, 0.717) is 19.0 Å². The second kappa shape index (κ2) is 6.74. The Kier molecular flexibility index (Phi) is 5.11. The molecule has 6 nitrogen and oxygen atoms in total. The number of hydrogen-bond donors (Lipinski definition) is 0. The number of sulfonamides is 1. The number of carbonyl (C=O) groups excluding carboxylic acids is 1. The van der Waals surface area contributed by atoms with E-state index in [1.54, 1.807) is 9.80 Å². The number of carbonyl (C=O) groups is 1. The van der Waals surface area contributed by atoms with Crippen LogP contribution in [0.3, 0.4) is 0 Å². The van der Waals surface area contributed by atoms with Crippen LogP contribution in [0.2, 0.25) is 0 Å². The highest BCUT2D eigenvalue weighted by Gasteiger charge is 2.53. The fourth-order valence-corrected chi connectivity index (χ4v) is 4.62. The number of alkyl halides is 2. The first-order valence-electron chi connectivity index (χ1n) is 8.98. The number of likely N-dealkylation sites (tertiary alicyclic amines) is 1. The quantitative estimate of drug-likeness (QED) is 0.662.